The second-order valence-corrected chi connectivity index (χ2v) is 16.0. The maximum atomic E-state index is 6.15. The highest BCUT2D eigenvalue weighted by Gasteiger charge is 2.18. The van der Waals surface area contributed by atoms with Crippen LogP contribution in [0.1, 0.15) is 16.8 Å². The molecule has 11 rings (SSSR count). The molecular formula is C54H36N6OS. The van der Waals surface area contributed by atoms with Gasteiger partial charge in [0.2, 0.25) is 5.89 Å². The first kappa shape index (κ1) is 37.0. The van der Waals surface area contributed by atoms with E-state index in [1.807, 2.05) is 103 Å². The monoisotopic (exact) mass is 816 g/mol. The summed E-state index contributed by atoms with van der Waals surface area (Å²) in [7, 11) is 0. The van der Waals surface area contributed by atoms with Crippen LogP contribution in [0.25, 0.3) is 106 Å². The van der Waals surface area contributed by atoms with Crippen molar-refractivity contribution in [2.24, 2.45) is 0 Å². The summed E-state index contributed by atoms with van der Waals surface area (Å²) in [5, 5.41) is 2.08. The smallest absolute Gasteiger partial charge is 0.227 e. The molecule has 4 heterocycles. The molecule has 7 aromatic carbocycles. The fourth-order valence-corrected chi connectivity index (χ4v) is 8.98. The van der Waals surface area contributed by atoms with Crippen molar-refractivity contribution >= 4 is 55.2 Å². The van der Waals surface area contributed by atoms with Crippen LogP contribution in [0.2, 0.25) is 0 Å². The lowest BCUT2D eigenvalue weighted by atomic mass is 9.99. The lowest BCUT2D eigenvalue weighted by Gasteiger charge is -2.09. The van der Waals surface area contributed by atoms with Crippen molar-refractivity contribution in [3.05, 3.63) is 205 Å². The molecule has 0 spiro atoms. The van der Waals surface area contributed by atoms with Crippen molar-refractivity contribution in [2.45, 2.75) is 6.92 Å². The lowest BCUT2D eigenvalue weighted by molar-refractivity contribution is 0.620. The standard InChI is InChI=1S/C54H36N6OS/c1-3-35(31-44-34(2)60(47-25-14-13-24-43(44)47)42-27-28-48-45(33-42)55-53(61-48)38-20-11-6-12-21-38)39-22-15-23-41(30-39)54-56-46-32-40(26-29-49(46)62-54)52-58-50(36-16-7-4-8-17-36)57-51(59-52)37-18-9-5-10-19-37/h3-33H,1H2,2H3/b35-31+. The number of oxazole rings is 1. The minimum absolute atomic E-state index is 0.601. The molecule has 0 fully saturated rings. The Bertz CT molecular complexity index is 3440. The Morgan fingerprint density at radius 1 is 0.565 bits per heavy atom. The third-order valence-corrected chi connectivity index (χ3v) is 12.2. The highest BCUT2D eigenvalue weighted by molar-refractivity contribution is 7.21. The molecule has 0 unspecified atom stereocenters. The highest BCUT2D eigenvalue weighted by Crippen LogP contribution is 2.37. The molecule has 7 nitrogen and oxygen atoms in total. The van der Waals surface area contributed by atoms with Gasteiger partial charge >= 0.3 is 0 Å². The molecule has 0 bridgehead atoms. The number of allylic oxidation sites excluding steroid dienone is 2. The third kappa shape index (κ3) is 6.78. The van der Waals surface area contributed by atoms with Crippen LogP contribution in [0.3, 0.4) is 0 Å². The number of nitrogens with zero attached hydrogens (tertiary/aromatic N) is 6. The zero-order valence-corrected chi connectivity index (χ0v) is 34.4. The molecule has 4 aromatic heterocycles. The maximum absolute atomic E-state index is 6.15. The number of benzene rings is 7. The van der Waals surface area contributed by atoms with Crippen molar-refractivity contribution in [1.82, 2.24) is 29.5 Å². The molecule has 0 saturated carbocycles. The molecule has 11 aromatic rings. The first-order valence-electron chi connectivity index (χ1n) is 20.4. The normalized spacial score (nSPS) is 11.8. The van der Waals surface area contributed by atoms with E-state index < -0.39 is 0 Å². The van der Waals surface area contributed by atoms with E-state index >= 15 is 0 Å². The fraction of sp³-hybridized carbons (Fsp3) is 0.0185. The van der Waals surface area contributed by atoms with Gasteiger partial charge in [0.05, 0.1) is 15.7 Å². The molecule has 0 aliphatic carbocycles. The van der Waals surface area contributed by atoms with Gasteiger partial charge in [-0.2, -0.15) is 0 Å². The molecule has 0 amide bonds. The number of hydrogen-bond acceptors (Lipinski definition) is 7. The topological polar surface area (TPSA) is 82.5 Å². The summed E-state index contributed by atoms with van der Waals surface area (Å²) in [4.78, 5) is 24.8. The first-order valence-corrected chi connectivity index (χ1v) is 21.2. The van der Waals surface area contributed by atoms with Crippen molar-refractivity contribution in [2.75, 3.05) is 0 Å². The molecular weight excluding hydrogens is 781 g/mol. The molecule has 0 saturated heterocycles. The summed E-state index contributed by atoms with van der Waals surface area (Å²) in [5.41, 5.74) is 13.6. The molecule has 0 aliphatic rings. The second kappa shape index (κ2) is 15.5. The summed E-state index contributed by atoms with van der Waals surface area (Å²) in [6.07, 6.45) is 4.18. The van der Waals surface area contributed by atoms with Crippen molar-refractivity contribution < 1.29 is 4.42 Å². The van der Waals surface area contributed by atoms with Crippen LogP contribution < -0.4 is 0 Å². The average Bonchev–Trinajstić information content (AvgIpc) is 4.05. The minimum atomic E-state index is 0.601. The Balaban J connectivity index is 0.939. The summed E-state index contributed by atoms with van der Waals surface area (Å²) in [6.45, 7) is 6.44. The van der Waals surface area contributed by atoms with Crippen LogP contribution >= 0.6 is 11.3 Å². The quantitative estimate of drug-likeness (QED) is 0.135. The average molecular weight is 817 g/mol. The number of fused-ring (bicyclic) bond motifs is 3. The Morgan fingerprint density at radius 2 is 1.21 bits per heavy atom. The van der Waals surface area contributed by atoms with Gasteiger partial charge in [0, 0.05) is 50.1 Å². The van der Waals surface area contributed by atoms with Gasteiger partial charge in [-0.25, -0.2) is 24.9 Å². The summed E-state index contributed by atoms with van der Waals surface area (Å²) >= 11 is 1.67. The van der Waals surface area contributed by atoms with Crippen LogP contribution in [-0.4, -0.2) is 29.5 Å². The number of rotatable bonds is 9. The van der Waals surface area contributed by atoms with Crippen LogP contribution in [0.15, 0.2) is 193 Å². The molecule has 294 valence electrons. The summed E-state index contributed by atoms with van der Waals surface area (Å²) in [6, 6.07) is 59.6. The lowest BCUT2D eigenvalue weighted by Crippen LogP contribution is -2.00. The third-order valence-electron chi connectivity index (χ3n) is 11.1. The summed E-state index contributed by atoms with van der Waals surface area (Å²) in [5.74, 6) is 2.46. The Kier molecular flexibility index (Phi) is 9.25. The zero-order chi connectivity index (χ0) is 41.6. The number of para-hydroxylation sites is 1. The van der Waals surface area contributed by atoms with Gasteiger partial charge in [-0.1, -0.05) is 128 Å². The van der Waals surface area contributed by atoms with E-state index in [2.05, 4.69) is 103 Å². The van der Waals surface area contributed by atoms with E-state index in [-0.39, 0.29) is 0 Å². The fourth-order valence-electron chi connectivity index (χ4n) is 8.04. The highest BCUT2D eigenvalue weighted by atomic mass is 32.1. The number of hydrogen-bond donors (Lipinski definition) is 0. The van der Waals surface area contributed by atoms with Crippen molar-refractivity contribution in [3.8, 4) is 61.9 Å². The van der Waals surface area contributed by atoms with E-state index in [1.54, 1.807) is 11.3 Å². The van der Waals surface area contributed by atoms with Gasteiger partial charge in [0.15, 0.2) is 23.1 Å². The summed E-state index contributed by atoms with van der Waals surface area (Å²) < 4.78 is 9.53. The maximum Gasteiger partial charge on any atom is 0.227 e. The van der Waals surface area contributed by atoms with Gasteiger partial charge < -0.3 is 8.98 Å². The van der Waals surface area contributed by atoms with E-state index in [0.29, 0.717) is 23.4 Å². The molecule has 62 heavy (non-hydrogen) atoms. The van der Waals surface area contributed by atoms with Gasteiger partial charge in [-0.05, 0) is 84.8 Å². The Morgan fingerprint density at radius 3 is 1.92 bits per heavy atom. The first-order chi connectivity index (χ1) is 30.6. The zero-order valence-electron chi connectivity index (χ0n) is 33.6. The van der Waals surface area contributed by atoms with Gasteiger partial charge in [-0.15, -0.1) is 11.3 Å². The molecule has 0 atom stereocenters. The Labute approximate surface area is 361 Å². The Hall–Kier alpha value is -8.07. The number of thiazole rings is 1. The van der Waals surface area contributed by atoms with E-state index in [9.17, 15) is 0 Å². The SMILES string of the molecule is C=C/C(=C\c1c(C)n(-c2ccc3oc(-c4ccccc4)nc3c2)c2ccccc12)c1cccc(-c2nc3cc(-c4nc(-c5ccccc5)nc(-c5ccccc5)n4)ccc3s2)c1. The largest absolute Gasteiger partial charge is 0.436 e. The van der Waals surface area contributed by atoms with Crippen LogP contribution in [-0.2, 0) is 0 Å². The van der Waals surface area contributed by atoms with E-state index in [1.165, 1.54) is 0 Å². The van der Waals surface area contributed by atoms with Crippen molar-refractivity contribution in [3.63, 3.8) is 0 Å². The molecule has 0 N–H and O–H groups in total. The van der Waals surface area contributed by atoms with Crippen LogP contribution in [0.4, 0.5) is 0 Å². The van der Waals surface area contributed by atoms with Gasteiger partial charge in [0.1, 0.15) is 10.5 Å². The number of aromatic nitrogens is 6. The molecule has 0 radical (unpaired) electrons. The molecule has 0 aliphatic heterocycles. The molecule has 8 heteroatoms. The van der Waals surface area contributed by atoms with Crippen LogP contribution in [0, 0.1) is 6.92 Å². The predicted octanol–water partition coefficient (Wildman–Crippen LogP) is 13.9. The van der Waals surface area contributed by atoms with Gasteiger partial charge in [-0.3, -0.25) is 0 Å². The minimum Gasteiger partial charge on any atom is -0.436 e. The van der Waals surface area contributed by atoms with Crippen molar-refractivity contribution in [1.29, 1.82) is 0 Å². The van der Waals surface area contributed by atoms with E-state index in [4.69, 9.17) is 29.3 Å². The predicted molar refractivity (Wildman–Crippen MR) is 254 cm³/mol. The second-order valence-electron chi connectivity index (χ2n) is 15.0. The van der Waals surface area contributed by atoms with E-state index in [0.717, 1.165) is 93.1 Å². The van der Waals surface area contributed by atoms with Crippen LogP contribution in [0.5, 0.6) is 0 Å². The van der Waals surface area contributed by atoms with Gasteiger partial charge in [0.25, 0.3) is 0 Å².